The lowest BCUT2D eigenvalue weighted by Crippen LogP contribution is -1.95. The molecule has 2 rings (SSSR count). The van der Waals surface area contributed by atoms with Crippen molar-refractivity contribution in [2.24, 2.45) is 0 Å². The van der Waals surface area contributed by atoms with Crippen LogP contribution in [-0.4, -0.2) is 14.7 Å². The summed E-state index contributed by atoms with van der Waals surface area (Å²) in [6, 6.07) is 7.13. The second-order valence-electron chi connectivity index (χ2n) is 3.09. The van der Waals surface area contributed by atoms with E-state index in [0.717, 1.165) is 17.9 Å². The predicted molar refractivity (Wildman–Crippen MR) is 55.0 cm³/mol. The Hall–Kier alpha value is -1.77. The summed E-state index contributed by atoms with van der Waals surface area (Å²) in [5, 5.41) is 9.34. The molecule has 0 aliphatic carbocycles. The Morgan fingerprint density at radius 2 is 2.29 bits per heavy atom. The van der Waals surface area contributed by atoms with Crippen LogP contribution in [0.4, 0.5) is 0 Å². The van der Waals surface area contributed by atoms with Crippen LogP contribution < -0.4 is 0 Å². The number of nitrogens with zero attached hydrogens (tertiary/aromatic N) is 2. The SMILES string of the molecule is CCn1ccnc1-c1cccc(O)c1. The van der Waals surface area contributed by atoms with Gasteiger partial charge in [-0.2, -0.15) is 0 Å². The standard InChI is InChI=1S/C11H12N2O/c1-2-13-7-6-12-11(13)9-4-3-5-10(14)8-9/h3-8,14H,2H2,1H3. The molecule has 1 aromatic heterocycles. The van der Waals surface area contributed by atoms with Crippen molar-refractivity contribution in [1.29, 1.82) is 0 Å². The Balaban J connectivity index is 2.49. The van der Waals surface area contributed by atoms with Crippen LogP contribution in [0.25, 0.3) is 11.4 Å². The molecule has 14 heavy (non-hydrogen) atoms. The van der Waals surface area contributed by atoms with Crippen LogP contribution in [0.2, 0.25) is 0 Å². The number of benzene rings is 1. The molecule has 72 valence electrons. The predicted octanol–water partition coefficient (Wildman–Crippen LogP) is 2.28. The summed E-state index contributed by atoms with van der Waals surface area (Å²) >= 11 is 0. The van der Waals surface area contributed by atoms with Gasteiger partial charge in [0.15, 0.2) is 0 Å². The molecule has 0 saturated heterocycles. The van der Waals surface area contributed by atoms with Crippen molar-refractivity contribution >= 4 is 0 Å². The molecule has 0 spiro atoms. The van der Waals surface area contributed by atoms with Gasteiger partial charge in [0.25, 0.3) is 0 Å². The maximum Gasteiger partial charge on any atom is 0.140 e. The number of hydrogen-bond donors (Lipinski definition) is 1. The molecule has 0 atom stereocenters. The molecule has 3 heteroatoms. The Morgan fingerprint density at radius 1 is 1.43 bits per heavy atom. The number of aromatic hydroxyl groups is 1. The van der Waals surface area contributed by atoms with Crippen LogP contribution in [0.15, 0.2) is 36.7 Å². The lowest BCUT2D eigenvalue weighted by molar-refractivity contribution is 0.475. The summed E-state index contributed by atoms with van der Waals surface area (Å²) in [5.41, 5.74) is 0.942. The van der Waals surface area contributed by atoms with E-state index in [-0.39, 0.29) is 5.75 Å². The number of imidazole rings is 1. The van der Waals surface area contributed by atoms with Crippen molar-refractivity contribution in [2.45, 2.75) is 13.5 Å². The van der Waals surface area contributed by atoms with Crippen molar-refractivity contribution in [3.63, 3.8) is 0 Å². The number of phenols is 1. The lowest BCUT2D eigenvalue weighted by Gasteiger charge is -2.04. The zero-order chi connectivity index (χ0) is 9.97. The summed E-state index contributed by atoms with van der Waals surface area (Å²) in [6.45, 7) is 2.94. The number of hydrogen-bond acceptors (Lipinski definition) is 2. The van der Waals surface area contributed by atoms with Crippen molar-refractivity contribution in [1.82, 2.24) is 9.55 Å². The van der Waals surface area contributed by atoms with Gasteiger partial charge in [0, 0.05) is 24.5 Å². The first-order chi connectivity index (χ1) is 6.81. The maximum atomic E-state index is 9.34. The van der Waals surface area contributed by atoms with Gasteiger partial charge in [-0.3, -0.25) is 0 Å². The fourth-order valence-electron chi connectivity index (χ4n) is 1.47. The Labute approximate surface area is 82.7 Å². The zero-order valence-electron chi connectivity index (χ0n) is 8.01. The Kier molecular flexibility index (Phi) is 2.23. The van der Waals surface area contributed by atoms with Crippen molar-refractivity contribution < 1.29 is 5.11 Å². The largest absolute Gasteiger partial charge is 0.508 e. The highest BCUT2D eigenvalue weighted by molar-refractivity contribution is 5.57. The van der Waals surface area contributed by atoms with Gasteiger partial charge in [-0.25, -0.2) is 4.98 Å². The zero-order valence-corrected chi connectivity index (χ0v) is 8.01. The highest BCUT2D eigenvalue weighted by Crippen LogP contribution is 2.21. The van der Waals surface area contributed by atoms with E-state index in [1.807, 2.05) is 22.9 Å². The van der Waals surface area contributed by atoms with E-state index in [2.05, 4.69) is 11.9 Å². The molecular formula is C11H12N2O. The smallest absolute Gasteiger partial charge is 0.140 e. The van der Waals surface area contributed by atoms with E-state index in [1.54, 1.807) is 18.3 Å². The van der Waals surface area contributed by atoms with Gasteiger partial charge in [-0.05, 0) is 19.1 Å². The van der Waals surface area contributed by atoms with Crippen molar-refractivity contribution in [3.8, 4) is 17.1 Å². The fourth-order valence-corrected chi connectivity index (χ4v) is 1.47. The van der Waals surface area contributed by atoms with Crippen LogP contribution in [-0.2, 0) is 6.54 Å². The summed E-state index contributed by atoms with van der Waals surface area (Å²) in [5.74, 6) is 1.16. The molecule has 1 N–H and O–H groups in total. The molecule has 3 nitrogen and oxygen atoms in total. The lowest BCUT2D eigenvalue weighted by atomic mass is 10.2. The van der Waals surface area contributed by atoms with E-state index in [1.165, 1.54) is 0 Å². The van der Waals surface area contributed by atoms with E-state index in [9.17, 15) is 5.11 Å². The molecule has 0 amide bonds. The van der Waals surface area contributed by atoms with Gasteiger partial charge < -0.3 is 9.67 Å². The summed E-state index contributed by atoms with van der Waals surface area (Å²) in [7, 11) is 0. The number of rotatable bonds is 2. The highest BCUT2D eigenvalue weighted by atomic mass is 16.3. The molecule has 0 bridgehead atoms. The summed E-state index contributed by atoms with van der Waals surface area (Å²) < 4.78 is 2.04. The molecule has 0 aliphatic rings. The monoisotopic (exact) mass is 188 g/mol. The first-order valence-corrected chi connectivity index (χ1v) is 4.62. The first kappa shape index (κ1) is 8.81. The minimum atomic E-state index is 0.271. The molecule has 0 unspecified atom stereocenters. The highest BCUT2D eigenvalue weighted by Gasteiger charge is 2.04. The van der Waals surface area contributed by atoms with Gasteiger partial charge in [0.05, 0.1) is 0 Å². The maximum absolute atomic E-state index is 9.34. The van der Waals surface area contributed by atoms with E-state index >= 15 is 0 Å². The first-order valence-electron chi connectivity index (χ1n) is 4.62. The molecule has 1 heterocycles. The minimum Gasteiger partial charge on any atom is -0.508 e. The topological polar surface area (TPSA) is 38.0 Å². The average molecular weight is 188 g/mol. The molecule has 0 radical (unpaired) electrons. The second kappa shape index (κ2) is 3.54. The van der Waals surface area contributed by atoms with Crippen LogP contribution in [0.3, 0.4) is 0 Å². The van der Waals surface area contributed by atoms with Gasteiger partial charge in [0.2, 0.25) is 0 Å². The van der Waals surface area contributed by atoms with Crippen LogP contribution in [0, 0.1) is 0 Å². The fraction of sp³-hybridized carbons (Fsp3) is 0.182. The summed E-state index contributed by atoms with van der Waals surface area (Å²) in [4.78, 5) is 4.25. The normalized spacial score (nSPS) is 10.4. The number of aryl methyl sites for hydroxylation is 1. The average Bonchev–Trinajstić information content (AvgIpc) is 2.65. The van der Waals surface area contributed by atoms with E-state index in [0.29, 0.717) is 0 Å². The summed E-state index contributed by atoms with van der Waals surface area (Å²) in [6.07, 6.45) is 3.70. The Bertz CT molecular complexity index is 434. The molecule has 0 fully saturated rings. The van der Waals surface area contributed by atoms with Crippen molar-refractivity contribution in [2.75, 3.05) is 0 Å². The molecule has 1 aromatic carbocycles. The van der Waals surface area contributed by atoms with Crippen LogP contribution in [0.1, 0.15) is 6.92 Å². The minimum absolute atomic E-state index is 0.271. The third-order valence-corrected chi connectivity index (χ3v) is 2.16. The Morgan fingerprint density at radius 3 is 3.00 bits per heavy atom. The second-order valence-corrected chi connectivity index (χ2v) is 3.09. The van der Waals surface area contributed by atoms with E-state index < -0.39 is 0 Å². The molecule has 2 aromatic rings. The van der Waals surface area contributed by atoms with Gasteiger partial charge >= 0.3 is 0 Å². The number of aromatic nitrogens is 2. The number of phenolic OH excluding ortho intramolecular Hbond substituents is 1. The third-order valence-electron chi connectivity index (χ3n) is 2.16. The van der Waals surface area contributed by atoms with Gasteiger partial charge in [0.1, 0.15) is 11.6 Å². The van der Waals surface area contributed by atoms with Crippen LogP contribution in [0.5, 0.6) is 5.75 Å². The van der Waals surface area contributed by atoms with Crippen molar-refractivity contribution in [3.05, 3.63) is 36.7 Å². The van der Waals surface area contributed by atoms with E-state index in [4.69, 9.17) is 0 Å². The quantitative estimate of drug-likeness (QED) is 0.785. The molecule has 0 aliphatic heterocycles. The van der Waals surface area contributed by atoms with Crippen LogP contribution >= 0.6 is 0 Å². The molecule has 0 saturated carbocycles. The third kappa shape index (κ3) is 1.48. The molecular weight excluding hydrogens is 176 g/mol. The van der Waals surface area contributed by atoms with Gasteiger partial charge in [-0.15, -0.1) is 0 Å². The van der Waals surface area contributed by atoms with Gasteiger partial charge in [-0.1, -0.05) is 12.1 Å².